The fraction of sp³-hybridized carbons (Fsp3) is 0.273. The standard InChI is InChI=1S/C11H12N2O3/c14-10-5-7(6-12-10)13-9-4-2-1-3-8(9)11(15)16/h1-4,7,13H,5-6H2,(H,12,14)(H,15,16). The van der Waals surface area contributed by atoms with Crippen LogP contribution in [0.15, 0.2) is 24.3 Å². The molecule has 1 aromatic carbocycles. The zero-order valence-electron chi connectivity index (χ0n) is 8.56. The van der Waals surface area contributed by atoms with Crippen LogP contribution in [0.4, 0.5) is 5.69 Å². The number of carboxylic acid groups (broad SMARTS) is 1. The highest BCUT2D eigenvalue weighted by Crippen LogP contribution is 2.17. The molecule has 1 aliphatic rings. The summed E-state index contributed by atoms with van der Waals surface area (Å²) in [6.45, 7) is 0.535. The summed E-state index contributed by atoms with van der Waals surface area (Å²) in [6, 6.07) is 6.64. The number of aromatic carboxylic acids is 1. The molecule has 0 aromatic heterocycles. The van der Waals surface area contributed by atoms with Gasteiger partial charge in [-0.3, -0.25) is 4.79 Å². The predicted molar refractivity (Wildman–Crippen MR) is 58.4 cm³/mol. The minimum Gasteiger partial charge on any atom is -0.478 e. The van der Waals surface area contributed by atoms with Crippen LogP contribution in [-0.2, 0) is 4.79 Å². The summed E-state index contributed by atoms with van der Waals surface area (Å²) in [5.74, 6) is -0.981. The molecule has 84 valence electrons. The fourth-order valence-electron chi connectivity index (χ4n) is 1.72. The second kappa shape index (κ2) is 4.22. The minimum atomic E-state index is -0.972. The highest BCUT2D eigenvalue weighted by Gasteiger charge is 2.22. The molecule has 0 aliphatic carbocycles. The summed E-state index contributed by atoms with van der Waals surface area (Å²) in [5, 5.41) is 14.7. The van der Waals surface area contributed by atoms with Crippen LogP contribution in [0.5, 0.6) is 0 Å². The molecular weight excluding hydrogens is 208 g/mol. The Morgan fingerprint density at radius 3 is 2.81 bits per heavy atom. The maximum absolute atomic E-state index is 11.0. The van der Waals surface area contributed by atoms with Crippen LogP contribution in [0.25, 0.3) is 0 Å². The predicted octanol–water partition coefficient (Wildman–Crippen LogP) is 0.685. The van der Waals surface area contributed by atoms with Crippen LogP contribution in [0.1, 0.15) is 16.8 Å². The lowest BCUT2D eigenvalue weighted by Crippen LogP contribution is -2.23. The van der Waals surface area contributed by atoms with Gasteiger partial charge in [-0.15, -0.1) is 0 Å². The van der Waals surface area contributed by atoms with Gasteiger partial charge in [-0.05, 0) is 12.1 Å². The van der Waals surface area contributed by atoms with Gasteiger partial charge < -0.3 is 15.7 Å². The maximum Gasteiger partial charge on any atom is 0.337 e. The molecule has 5 heteroatoms. The van der Waals surface area contributed by atoms with Crippen molar-refractivity contribution in [3.8, 4) is 0 Å². The van der Waals surface area contributed by atoms with Gasteiger partial charge in [0.05, 0.1) is 11.6 Å². The fourth-order valence-corrected chi connectivity index (χ4v) is 1.72. The van der Waals surface area contributed by atoms with Crippen molar-refractivity contribution in [3.05, 3.63) is 29.8 Å². The van der Waals surface area contributed by atoms with Gasteiger partial charge in [-0.2, -0.15) is 0 Å². The van der Waals surface area contributed by atoms with E-state index < -0.39 is 5.97 Å². The molecule has 3 N–H and O–H groups in total. The Balaban J connectivity index is 2.14. The summed E-state index contributed by atoms with van der Waals surface area (Å²) in [6.07, 6.45) is 0.383. The molecule has 1 atom stereocenters. The molecule has 0 bridgehead atoms. The smallest absolute Gasteiger partial charge is 0.337 e. The molecule has 0 spiro atoms. The number of anilines is 1. The maximum atomic E-state index is 11.0. The molecule has 1 amide bonds. The topological polar surface area (TPSA) is 78.4 Å². The molecule has 16 heavy (non-hydrogen) atoms. The number of para-hydroxylation sites is 1. The largest absolute Gasteiger partial charge is 0.478 e. The lowest BCUT2D eigenvalue weighted by molar-refractivity contribution is -0.119. The number of rotatable bonds is 3. The van der Waals surface area contributed by atoms with Crippen molar-refractivity contribution >= 4 is 17.6 Å². The third-order valence-corrected chi connectivity index (χ3v) is 2.49. The first kappa shape index (κ1) is 10.5. The Bertz CT molecular complexity index is 431. The second-order valence-electron chi connectivity index (χ2n) is 3.70. The number of hydrogen-bond acceptors (Lipinski definition) is 3. The molecule has 1 fully saturated rings. The Morgan fingerprint density at radius 1 is 1.44 bits per heavy atom. The Morgan fingerprint density at radius 2 is 2.19 bits per heavy atom. The lowest BCUT2D eigenvalue weighted by atomic mass is 10.1. The minimum absolute atomic E-state index is 0.00898. The molecule has 1 aliphatic heterocycles. The van der Waals surface area contributed by atoms with Gasteiger partial charge >= 0.3 is 5.97 Å². The normalized spacial score (nSPS) is 19.2. The van der Waals surface area contributed by atoms with E-state index in [1.54, 1.807) is 18.2 Å². The SMILES string of the molecule is O=C1CC(Nc2ccccc2C(=O)O)CN1. The van der Waals surface area contributed by atoms with Gasteiger partial charge in [0.25, 0.3) is 0 Å². The van der Waals surface area contributed by atoms with Crippen LogP contribution >= 0.6 is 0 Å². The van der Waals surface area contributed by atoms with Crippen molar-refractivity contribution in [3.63, 3.8) is 0 Å². The Kier molecular flexibility index (Phi) is 2.76. The lowest BCUT2D eigenvalue weighted by Gasteiger charge is -2.13. The average molecular weight is 220 g/mol. The first-order valence-corrected chi connectivity index (χ1v) is 5.02. The number of carbonyl (C=O) groups is 2. The van der Waals surface area contributed by atoms with Crippen molar-refractivity contribution in [1.29, 1.82) is 0 Å². The summed E-state index contributed by atoms with van der Waals surface area (Å²) >= 11 is 0. The summed E-state index contributed by atoms with van der Waals surface area (Å²) in [5.41, 5.74) is 0.776. The van der Waals surface area contributed by atoms with Crippen LogP contribution in [0.3, 0.4) is 0 Å². The van der Waals surface area contributed by atoms with Crippen LogP contribution in [0.2, 0.25) is 0 Å². The summed E-state index contributed by atoms with van der Waals surface area (Å²) in [4.78, 5) is 21.9. The van der Waals surface area contributed by atoms with Gasteiger partial charge in [0.1, 0.15) is 0 Å². The van der Waals surface area contributed by atoms with E-state index in [0.717, 1.165) is 0 Å². The third kappa shape index (κ3) is 2.13. The number of carbonyl (C=O) groups excluding carboxylic acids is 1. The van der Waals surface area contributed by atoms with Crippen molar-refractivity contribution in [2.24, 2.45) is 0 Å². The molecule has 1 heterocycles. The van der Waals surface area contributed by atoms with Crippen LogP contribution in [0, 0.1) is 0 Å². The molecule has 1 unspecified atom stereocenters. The van der Waals surface area contributed by atoms with E-state index >= 15 is 0 Å². The quantitative estimate of drug-likeness (QED) is 0.700. The highest BCUT2D eigenvalue weighted by molar-refractivity contribution is 5.94. The van der Waals surface area contributed by atoms with Crippen LogP contribution < -0.4 is 10.6 Å². The van der Waals surface area contributed by atoms with E-state index in [4.69, 9.17) is 5.11 Å². The molecule has 0 saturated carbocycles. The molecule has 5 nitrogen and oxygen atoms in total. The molecule has 1 saturated heterocycles. The van der Waals surface area contributed by atoms with E-state index in [-0.39, 0.29) is 17.5 Å². The first-order valence-electron chi connectivity index (χ1n) is 5.02. The number of hydrogen-bond donors (Lipinski definition) is 3. The van der Waals surface area contributed by atoms with Crippen LogP contribution in [-0.4, -0.2) is 29.6 Å². The summed E-state index contributed by atoms with van der Waals surface area (Å²) < 4.78 is 0. The second-order valence-corrected chi connectivity index (χ2v) is 3.70. The molecular formula is C11H12N2O3. The van der Waals surface area contributed by atoms with Gasteiger partial charge in [0.2, 0.25) is 5.91 Å². The third-order valence-electron chi connectivity index (χ3n) is 2.49. The van der Waals surface area contributed by atoms with E-state index in [0.29, 0.717) is 18.7 Å². The number of benzene rings is 1. The zero-order valence-corrected chi connectivity index (χ0v) is 8.56. The van der Waals surface area contributed by atoms with Gasteiger partial charge in [0, 0.05) is 18.7 Å². The first-order chi connectivity index (χ1) is 7.66. The van der Waals surface area contributed by atoms with Crippen molar-refractivity contribution in [2.75, 3.05) is 11.9 Å². The monoisotopic (exact) mass is 220 g/mol. The van der Waals surface area contributed by atoms with Crippen molar-refractivity contribution in [1.82, 2.24) is 5.32 Å². The van der Waals surface area contributed by atoms with Gasteiger partial charge in [-0.1, -0.05) is 12.1 Å². The van der Waals surface area contributed by atoms with Crippen molar-refractivity contribution < 1.29 is 14.7 Å². The molecule has 2 rings (SSSR count). The summed E-state index contributed by atoms with van der Waals surface area (Å²) in [7, 11) is 0. The van der Waals surface area contributed by atoms with Gasteiger partial charge in [0.15, 0.2) is 0 Å². The Hall–Kier alpha value is -2.04. The van der Waals surface area contributed by atoms with E-state index in [1.165, 1.54) is 6.07 Å². The molecule has 0 radical (unpaired) electrons. The Labute approximate surface area is 92.5 Å². The van der Waals surface area contributed by atoms with E-state index in [2.05, 4.69) is 10.6 Å². The highest BCUT2D eigenvalue weighted by atomic mass is 16.4. The molecule has 1 aromatic rings. The van der Waals surface area contributed by atoms with E-state index in [1.807, 2.05) is 0 Å². The average Bonchev–Trinajstić information content (AvgIpc) is 2.64. The zero-order chi connectivity index (χ0) is 11.5. The number of carboxylic acids is 1. The van der Waals surface area contributed by atoms with Gasteiger partial charge in [-0.25, -0.2) is 4.79 Å². The van der Waals surface area contributed by atoms with Crippen molar-refractivity contribution in [2.45, 2.75) is 12.5 Å². The number of nitrogens with one attached hydrogen (secondary N) is 2. The number of amides is 1. The van der Waals surface area contributed by atoms with E-state index in [9.17, 15) is 9.59 Å².